The van der Waals surface area contributed by atoms with Gasteiger partial charge in [0.15, 0.2) is 11.5 Å². The van der Waals surface area contributed by atoms with Crippen LogP contribution in [-0.4, -0.2) is 25.8 Å². The monoisotopic (exact) mass is 463 g/mol. The molecule has 0 saturated heterocycles. The van der Waals surface area contributed by atoms with Crippen molar-refractivity contribution in [3.63, 3.8) is 0 Å². The average molecular weight is 464 g/mol. The Hall–Kier alpha value is -3.32. The van der Waals surface area contributed by atoms with E-state index in [2.05, 4.69) is 29.6 Å². The fraction of sp³-hybridized carbons (Fsp3) is 0.308. The van der Waals surface area contributed by atoms with Crippen LogP contribution in [0.4, 0.5) is 5.00 Å². The Balaban J connectivity index is 1.41. The van der Waals surface area contributed by atoms with Gasteiger partial charge in [-0.05, 0) is 48.1 Å². The van der Waals surface area contributed by atoms with Gasteiger partial charge in [0, 0.05) is 16.5 Å². The Morgan fingerprint density at radius 1 is 1.00 bits per heavy atom. The van der Waals surface area contributed by atoms with Crippen LogP contribution >= 0.6 is 11.3 Å². The minimum absolute atomic E-state index is 0.140. The molecule has 2 aromatic carbocycles. The maximum atomic E-state index is 12.9. The number of hydrogen-bond acceptors (Lipinski definition) is 6. The molecule has 0 atom stereocenters. The normalized spacial score (nSPS) is 15.3. The number of carbonyl (C=O) groups is 2. The van der Waals surface area contributed by atoms with E-state index in [0.717, 1.165) is 11.1 Å². The summed E-state index contributed by atoms with van der Waals surface area (Å²) in [6, 6.07) is 13.4. The summed E-state index contributed by atoms with van der Waals surface area (Å²) in [4.78, 5) is 25.6. The molecule has 1 amide bonds. The standard InChI is InChI=1S/C26H25NO5S/c1-30-26(29)23-20(18-9-7-17(8-10-18)16-5-3-2-4-6-16)14-33-25(23)27-24(28)19-11-12-21-22(13-19)32-15-31-21/h7-14,16H,2-6,15H2,1H3,(H,27,28). The van der Waals surface area contributed by atoms with Gasteiger partial charge in [-0.25, -0.2) is 4.79 Å². The Morgan fingerprint density at radius 3 is 2.52 bits per heavy atom. The van der Waals surface area contributed by atoms with E-state index in [-0.39, 0.29) is 12.7 Å². The largest absolute Gasteiger partial charge is 0.465 e. The summed E-state index contributed by atoms with van der Waals surface area (Å²) >= 11 is 1.31. The number of hydrogen-bond donors (Lipinski definition) is 1. The van der Waals surface area contributed by atoms with Crippen molar-refractivity contribution in [3.8, 4) is 22.6 Å². The lowest BCUT2D eigenvalue weighted by molar-refractivity contribution is 0.0603. The first-order chi connectivity index (χ1) is 16.1. The number of thiophene rings is 1. The number of ether oxygens (including phenoxy) is 3. The number of anilines is 1. The van der Waals surface area contributed by atoms with Crippen molar-refractivity contribution < 1.29 is 23.8 Å². The van der Waals surface area contributed by atoms with E-state index >= 15 is 0 Å². The number of esters is 1. The van der Waals surface area contributed by atoms with E-state index in [4.69, 9.17) is 14.2 Å². The number of benzene rings is 2. The molecule has 2 aliphatic rings. The smallest absolute Gasteiger partial charge is 0.341 e. The summed E-state index contributed by atoms with van der Waals surface area (Å²) in [5, 5.41) is 5.21. The zero-order valence-corrected chi connectivity index (χ0v) is 19.2. The van der Waals surface area contributed by atoms with Gasteiger partial charge in [-0.3, -0.25) is 4.79 Å². The first-order valence-corrected chi connectivity index (χ1v) is 12.0. The third-order valence-electron chi connectivity index (χ3n) is 6.34. The second kappa shape index (κ2) is 9.27. The highest BCUT2D eigenvalue weighted by atomic mass is 32.1. The molecule has 6 nitrogen and oxygen atoms in total. The van der Waals surface area contributed by atoms with Crippen LogP contribution in [0.2, 0.25) is 0 Å². The average Bonchev–Trinajstić information content (AvgIpc) is 3.51. The molecule has 0 bridgehead atoms. The summed E-state index contributed by atoms with van der Waals surface area (Å²) < 4.78 is 15.7. The van der Waals surface area contributed by atoms with Gasteiger partial charge in [0.25, 0.3) is 5.91 Å². The molecular formula is C26H25NO5S. The van der Waals surface area contributed by atoms with Crippen LogP contribution in [0.25, 0.3) is 11.1 Å². The van der Waals surface area contributed by atoms with Crippen molar-refractivity contribution in [2.75, 3.05) is 19.2 Å². The molecule has 7 heteroatoms. The van der Waals surface area contributed by atoms with Gasteiger partial charge in [0.1, 0.15) is 10.6 Å². The molecule has 33 heavy (non-hydrogen) atoms. The summed E-state index contributed by atoms with van der Waals surface area (Å²) in [5.74, 6) is 0.938. The quantitative estimate of drug-likeness (QED) is 0.454. The third-order valence-corrected chi connectivity index (χ3v) is 7.24. The van der Waals surface area contributed by atoms with Gasteiger partial charge < -0.3 is 19.5 Å². The van der Waals surface area contributed by atoms with Crippen molar-refractivity contribution in [3.05, 3.63) is 64.5 Å². The molecule has 1 aromatic heterocycles. The highest BCUT2D eigenvalue weighted by Gasteiger charge is 2.24. The highest BCUT2D eigenvalue weighted by Crippen LogP contribution is 2.39. The lowest BCUT2D eigenvalue weighted by Gasteiger charge is -2.22. The topological polar surface area (TPSA) is 73.9 Å². The Bertz CT molecular complexity index is 1180. The molecule has 5 rings (SSSR count). The van der Waals surface area contributed by atoms with Crippen LogP contribution in [0.3, 0.4) is 0 Å². The van der Waals surface area contributed by atoms with Crippen LogP contribution in [0, 0.1) is 0 Å². The third kappa shape index (κ3) is 4.33. The number of rotatable bonds is 5. The summed E-state index contributed by atoms with van der Waals surface area (Å²) in [6.07, 6.45) is 6.38. The molecular weight excluding hydrogens is 438 g/mol. The predicted octanol–water partition coefficient (Wildman–Crippen LogP) is 6.23. The molecule has 170 valence electrons. The molecule has 0 spiro atoms. The summed E-state index contributed by atoms with van der Waals surface area (Å²) in [5.41, 5.74) is 3.81. The number of fused-ring (bicyclic) bond motifs is 1. The molecule has 2 heterocycles. The van der Waals surface area contributed by atoms with E-state index < -0.39 is 5.97 Å². The van der Waals surface area contributed by atoms with Gasteiger partial charge in [-0.15, -0.1) is 11.3 Å². The second-order valence-corrected chi connectivity index (χ2v) is 9.20. The van der Waals surface area contributed by atoms with Crippen molar-refractivity contribution in [2.24, 2.45) is 0 Å². The van der Waals surface area contributed by atoms with Crippen molar-refractivity contribution in [2.45, 2.75) is 38.0 Å². The molecule has 1 saturated carbocycles. The number of amides is 1. The molecule has 1 N–H and O–H groups in total. The van der Waals surface area contributed by atoms with Crippen molar-refractivity contribution in [1.82, 2.24) is 0 Å². The zero-order chi connectivity index (χ0) is 22.8. The number of methoxy groups -OCH3 is 1. The van der Waals surface area contributed by atoms with Gasteiger partial charge >= 0.3 is 5.97 Å². The Labute approximate surface area is 196 Å². The zero-order valence-electron chi connectivity index (χ0n) is 18.4. The maximum absolute atomic E-state index is 12.9. The van der Waals surface area contributed by atoms with Crippen LogP contribution in [0.5, 0.6) is 11.5 Å². The first-order valence-electron chi connectivity index (χ1n) is 11.1. The fourth-order valence-electron chi connectivity index (χ4n) is 4.55. The van der Waals surface area contributed by atoms with E-state index in [0.29, 0.717) is 33.5 Å². The van der Waals surface area contributed by atoms with Gasteiger partial charge in [-0.2, -0.15) is 0 Å². The number of nitrogens with one attached hydrogen (secondary N) is 1. The molecule has 1 fully saturated rings. The molecule has 1 aliphatic heterocycles. The van der Waals surface area contributed by atoms with Gasteiger partial charge in [0.2, 0.25) is 6.79 Å². The molecule has 1 aliphatic carbocycles. The Kier molecular flexibility index (Phi) is 6.05. The molecule has 0 radical (unpaired) electrons. The summed E-state index contributed by atoms with van der Waals surface area (Å²) in [7, 11) is 1.35. The van der Waals surface area contributed by atoms with Crippen molar-refractivity contribution >= 4 is 28.2 Å². The van der Waals surface area contributed by atoms with E-state index in [9.17, 15) is 9.59 Å². The van der Waals surface area contributed by atoms with Crippen LogP contribution < -0.4 is 14.8 Å². The van der Waals surface area contributed by atoms with E-state index in [1.807, 2.05) is 5.38 Å². The lowest BCUT2D eigenvalue weighted by atomic mass is 9.83. The number of carbonyl (C=O) groups excluding carboxylic acids is 2. The molecule has 3 aromatic rings. The van der Waals surface area contributed by atoms with E-state index in [1.165, 1.54) is 56.1 Å². The first kappa shape index (κ1) is 21.5. The van der Waals surface area contributed by atoms with Crippen molar-refractivity contribution in [1.29, 1.82) is 0 Å². The van der Waals surface area contributed by atoms with Gasteiger partial charge in [0.05, 0.1) is 7.11 Å². The lowest BCUT2D eigenvalue weighted by Crippen LogP contribution is -2.14. The van der Waals surface area contributed by atoms with Crippen LogP contribution in [-0.2, 0) is 4.74 Å². The van der Waals surface area contributed by atoms with Crippen LogP contribution in [0.1, 0.15) is 64.3 Å². The highest BCUT2D eigenvalue weighted by molar-refractivity contribution is 7.15. The van der Waals surface area contributed by atoms with E-state index in [1.54, 1.807) is 18.2 Å². The maximum Gasteiger partial charge on any atom is 0.341 e. The fourth-order valence-corrected chi connectivity index (χ4v) is 5.50. The predicted molar refractivity (Wildman–Crippen MR) is 127 cm³/mol. The van der Waals surface area contributed by atoms with Crippen LogP contribution in [0.15, 0.2) is 47.8 Å². The SMILES string of the molecule is COC(=O)c1c(-c2ccc(C3CCCCC3)cc2)csc1NC(=O)c1ccc2c(c1)OCO2. The molecule has 0 unspecified atom stereocenters. The second-order valence-electron chi connectivity index (χ2n) is 8.32. The minimum Gasteiger partial charge on any atom is -0.465 e. The Morgan fingerprint density at radius 2 is 1.76 bits per heavy atom. The summed E-state index contributed by atoms with van der Waals surface area (Å²) in [6.45, 7) is 0.140. The minimum atomic E-state index is -0.483. The van der Waals surface area contributed by atoms with Gasteiger partial charge in [-0.1, -0.05) is 43.5 Å².